The second-order valence-corrected chi connectivity index (χ2v) is 7.45. The highest BCUT2D eigenvalue weighted by Gasteiger charge is 2.24. The first-order valence-corrected chi connectivity index (χ1v) is 10.6. The predicted molar refractivity (Wildman–Crippen MR) is 121 cm³/mol. The molecule has 0 spiro atoms. The number of anilines is 2. The molecule has 0 radical (unpaired) electrons. The van der Waals surface area contributed by atoms with Gasteiger partial charge >= 0.3 is 0 Å². The van der Waals surface area contributed by atoms with Crippen molar-refractivity contribution in [3.05, 3.63) is 60.8 Å². The molecule has 2 aromatic heterocycles. The standard InChI is InChI=1S/C23H26N6O3/c1-3-22(30)26-17-7-8-21(24-14-17)29-15-20(25-16-29)23(31)28-11-9-27(10-12-28)18-5-4-6-19(13-18)32-2/h4-8,13-16H,3,9-12H2,1-2H3,(H,26,30). The summed E-state index contributed by atoms with van der Waals surface area (Å²) in [7, 11) is 1.66. The van der Waals surface area contributed by atoms with Gasteiger partial charge in [0.05, 0.1) is 19.0 Å². The third-order valence-electron chi connectivity index (χ3n) is 5.40. The molecule has 1 saturated heterocycles. The third kappa shape index (κ3) is 4.72. The summed E-state index contributed by atoms with van der Waals surface area (Å²) in [6.07, 6.45) is 5.25. The second-order valence-electron chi connectivity index (χ2n) is 7.45. The van der Waals surface area contributed by atoms with Crippen LogP contribution in [0.5, 0.6) is 5.75 Å². The molecule has 2 amide bonds. The molecule has 1 N–H and O–H groups in total. The SMILES string of the molecule is CCC(=O)Nc1ccc(-n2cnc(C(=O)N3CCN(c4cccc(OC)c4)CC3)c2)nc1. The summed E-state index contributed by atoms with van der Waals surface area (Å²) in [6, 6.07) is 11.5. The molecule has 1 aromatic carbocycles. The van der Waals surface area contributed by atoms with E-state index in [0.717, 1.165) is 24.5 Å². The molecule has 1 fully saturated rings. The van der Waals surface area contributed by atoms with Crippen LogP contribution in [0.2, 0.25) is 0 Å². The summed E-state index contributed by atoms with van der Waals surface area (Å²) in [4.78, 5) is 37.1. The lowest BCUT2D eigenvalue weighted by Crippen LogP contribution is -2.48. The highest BCUT2D eigenvalue weighted by molar-refractivity contribution is 5.92. The van der Waals surface area contributed by atoms with E-state index in [0.29, 0.717) is 36.7 Å². The lowest BCUT2D eigenvalue weighted by molar-refractivity contribution is -0.115. The van der Waals surface area contributed by atoms with Crippen LogP contribution in [-0.4, -0.2) is 64.5 Å². The maximum atomic E-state index is 12.9. The Kier molecular flexibility index (Phi) is 6.34. The van der Waals surface area contributed by atoms with Gasteiger partial charge in [0, 0.05) is 50.6 Å². The van der Waals surface area contributed by atoms with E-state index in [9.17, 15) is 9.59 Å². The fourth-order valence-corrected chi connectivity index (χ4v) is 3.56. The van der Waals surface area contributed by atoms with E-state index in [4.69, 9.17) is 4.74 Å². The summed E-state index contributed by atoms with van der Waals surface area (Å²) < 4.78 is 7.00. The first-order chi connectivity index (χ1) is 15.6. The molecule has 3 heterocycles. The fourth-order valence-electron chi connectivity index (χ4n) is 3.56. The van der Waals surface area contributed by atoms with E-state index >= 15 is 0 Å². The number of aromatic nitrogens is 3. The summed E-state index contributed by atoms with van der Waals surface area (Å²) in [5, 5.41) is 2.76. The number of rotatable bonds is 6. The summed E-state index contributed by atoms with van der Waals surface area (Å²) in [6.45, 7) is 4.51. The van der Waals surface area contributed by atoms with Crippen molar-refractivity contribution in [3.8, 4) is 11.6 Å². The molecular weight excluding hydrogens is 408 g/mol. The van der Waals surface area contributed by atoms with Gasteiger partial charge in [-0.15, -0.1) is 0 Å². The number of nitrogens with one attached hydrogen (secondary N) is 1. The molecule has 0 saturated carbocycles. The topological polar surface area (TPSA) is 92.6 Å². The van der Waals surface area contributed by atoms with Crippen molar-refractivity contribution in [1.82, 2.24) is 19.4 Å². The van der Waals surface area contributed by atoms with Crippen LogP contribution >= 0.6 is 0 Å². The lowest BCUT2D eigenvalue weighted by Gasteiger charge is -2.35. The minimum atomic E-state index is -0.0964. The normalized spacial score (nSPS) is 13.7. The van der Waals surface area contributed by atoms with Gasteiger partial charge in [-0.2, -0.15) is 0 Å². The van der Waals surface area contributed by atoms with E-state index in [2.05, 4.69) is 20.2 Å². The van der Waals surface area contributed by atoms with Gasteiger partial charge in [-0.25, -0.2) is 9.97 Å². The van der Waals surface area contributed by atoms with Crippen LogP contribution in [0.4, 0.5) is 11.4 Å². The zero-order valence-electron chi connectivity index (χ0n) is 18.2. The van der Waals surface area contributed by atoms with Gasteiger partial charge in [-0.05, 0) is 24.3 Å². The number of amides is 2. The van der Waals surface area contributed by atoms with E-state index in [1.54, 1.807) is 49.5 Å². The van der Waals surface area contributed by atoms with E-state index in [1.807, 2.05) is 29.2 Å². The molecule has 4 rings (SSSR count). The van der Waals surface area contributed by atoms with Crippen LogP contribution in [0.3, 0.4) is 0 Å². The molecule has 32 heavy (non-hydrogen) atoms. The number of imidazole rings is 1. The lowest BCUT2D eigenvalue weighted by atomic mass is 10.2. The Bertz CT molecular complexity index is 1090. The van der Waals surface area contributed by atoms with Gasteiger partial charge in [0.25, 0.3) is 5.91 Å². The van der Waals surface area contributed by atoms with Gasteiger partial charge in [0.2, 0.25) is 5.91 Å². The second kappa shape index (κ2) is 9.51. The average molecular weight is 435 g/mol. The number of pyridine rings is 1. The van der Waals surface area contributed by atoms with Crippen molar-refractivity contribution < 1.29 is 14.3 Å². The monoisotopic (exact) mass is 434 g/mol. The van der Waals surface area contributed by atoms with Crippen molar-refractivity contribution in [1.29, 1.82) is 0 Å². The Hall–Kier alpha value is -3.88. The van der Waals surface area contributed by atoms with Crippen LogP contribution in [0.1, 0.15) is 23.8 Å². The average Bonchev–Trinajstić information content (AvgIpc) is 3.34. The van der Waals surface area contributed by atoms with Crippen LogP contribution < -0.4 is 15.0 Å². The van der Waals surface area contributed by atoms with E-state index < -0.39 is 0 Å². The van der Waals surface area contributed by atoms with Crippen LogP contribution in [-0.2, 0) is 4.79 Å². The molecule has 0 aliphatic carbocycles. The van der Waals surface area contributed by atoms with Crippen molar-refractivity contribution in [2.24, 2.45) is 0 Å². The molecule has 3 aromatic rings. The smallest absolute Gasteiger partial charge is 0.274 e. The van der Waals surface area contributed by atoms with Gasteiger partial charge < -0.3 is 19.9 Å². The quantitative estimate of drug-likeness (QED) is 0.641. The number of ether oxygens (including phenoxy) is 1. The van der Waals surface area contributed by atoms with Crippen molar-refractivity contribution >= 4 is 23.2 Å². The number of carbonyl (C=O) groups excluding carboxylic acids is 2. The Morgan fingerprint density at radius 3 is 2.59 bits per heavy atom. The summed E-state index contributed by atoms with van der Waals surface area (Å²) in [5.41, 5.74) is 2.10. The van der Waals surface area contributed by atoms with Gasteiger partial charge in [-0.3, -0.25) is 14.2 Å². The molecule has 1 aliphatic heterocycles. The highest BCUT2D eigenvalue weighted by atomic mass is 16.5. The molecular formula is C23H26N6O3. The Morgan fingerprint density at radius 2 is 1.91 bits per heavy atom. The highest BCUT2D eigenvalue weighted by Crippen LogP contribution is 2.22. The molecule has 0 bridgehead atoms. The maximum absolute atomic E-state index is 12.9. The van der Waals surface area contributed by atoms with Crippen molar-refractivity contribution in [3.63, 3.8) is 0 Å². The van der Waals surface area contributed by atoms with Crippen molar-refractivity contribution in [2.75, 3.05) is 43.5 Å². The Balaban J connectivity index is 1.37. The number of hydrogen-bond donors (Lipinski definition) is 1. The Morgan fingerprint density at radius 1 is 1.09 bits per heavy atom. The van der Waals surface area contributed by atoms with Gasteiger partial charge in [0.1, 0.15) is 23.6 Å². The fraction of sp³-hybridized carbons (Fsp3) is 0.304. The molecule has 166 valence electrons. The minimum Gasteiger partial charge on any atom is -0.497 e. The molecule has 9 heteroatoms. The zero-order chi connectivity index (χ0) is 22.5. The van der Waals surface area contributed by atoms with Crippen LogP contribution in [0.15, 0.2) is 55.1 Å². The summed E-state index contributed by atoms with van der Waals surface area (Å²) in [5.74, 6) is 1.28. The first-order valence-electron chi connectivity index (χ1n) is 10.6. The molecule has 0 unspecified atom stereocenters. The molecule has 0 atom stereocenters. The minimum absolute atomic E-state index is 0.0680. The molecule has 1 aliphatic rings. The Labute approximate surface area is 186 Å². The van der Waals surface area contributed by atoms with Gasteiger partial charge in [0.15, 0.2) is 0 Å². The largest absolute Gasteiger partial charge is 0.497 e. The zero-order valence-corrected chi connectivity index (χ0v) is 18.2. The number of nitrogens with zero attached hydrogens (tertiary/aromatic N) is 5. The number of hydrogen-bond acceptors (Lipinski definition) is 6. The van der Waals surface area contributed by atoms with Gasteiger partial charge in [-0.1, -0.05) is 13.0 Å². The third-order valence-corrected chi connectivity index (χ3v) is 5.40. The predicted octanol–water partition coefficient (Wildman–Crippen LogP) is 2.59. The van der Waals surface area contributed by atoms with E-state index in [-0.39, 0.29) is 11.8 Å². The van der Waals surface area contributed by atoms with Crippen molar-refractivity contribution in [2.45, 2.75) is 13.3 Å². The first kappa shape index (κ1) is 21.4. The number of methoxy groups -OCH3 is 1. The van der Waals surface area contributed by atoms with Crippen LogP contribution in [0.25, 0.3) is 5.82 Å². The van der Waals surface area contributed by atoms with Crippen LogP contribution in [0, 0.1) is 0 Å². The number of carbonyl (C=O) groups is 2. The molecule has 9 nitrogen and oxygen atoms in total. The van der Waals surface area contributed by atoms with E-state index in [1.165, 1.54) is 0 Å². The number of piperazine rings is 1. The summed E-state index contributed by atoms with van der Waals surface area (Å²) >= 11 is 0. The number of benzene rings is 1. The maximum Gasteiger partial charge on any atom is 0.274 e.